The van der Waals surface area contributed by atoms with Gasteiger partial charge in [0.25, 0.3) is 0 Å². The van der Waals surface area contributed by atoms with E-state index < -0.39 is 13.3 Å². The molecule has 30 heavy (non-hydrogen) atoms. The van der Waals surface area contributed by atoms with Crippen LogP contribution in [0.3, 0.4) is 0 Å². The van der Waals surface area contributed by atoms with Crippen molar-refractivity contribution in [2.45, 2.75) is 6.04 Å². The highest BCUT2D eigenvalue weighted by Gasteiger charge is 2.34. The maximum absolute atomic E-state index is 14.5. The maximum atomic E-state index is 14.5. The van der Waals surface area contributed by atoms with E-state index in [0.717, 1.165) is 5.56 Å². The second-order valence-corrected chi connectivity index (χ2v) is 9.49. The van der Waals surface area contributed by atoms with Gasteiger partial charge >= 0.3 is 0 Å². The van der Waals surface area contributed by atoms with Crippen LogP contribution < -0.4 is 15.7 Å². The molecular formula is C26H22NO2P. The fourth-order valence-electron chi connectivity index (χ4n) is 3.45. The Bertz CT molecular complexity index is 1100. The lowest BCUT2D eigenvalue weighted by Crippen LogP contribution is -2.34. The van der Waals surface area contributed by atoms with Gasteiger partial charge in [0.2, 0.25) is 7.29 Å². The molecule has 0 saturated heterocycles. The minimum atomic E-state index is -3.29. The van der Waals surface area contributed by atoms with Crippen molar-refractivity contribution in [3.8, 4) is 0 Å². The lowest BCUT2D eigenvalue weighted by Gasteiger charge is -2.26. The molecule has 0 amide bonds. The minimum absolute atomic E-state index is 0.117. The normalized spacial score (nSPS) is 12.3. The highest BCUT2D eigenvalue weighted by Crippen LogP contribution is 2.42. The van der Waals surface area contributed by atoms with E-state index in [1.54, 1.807) is 12.1 Å². The number of rotatable bonds is 7. The molecule has 4 aromatic carbocycles. The zero-order chi connectivity index (χ0) is 20.8. The molecule has 1 atom stereocenters. The SMILES string of the molecule is O=C(c1ccccc1)C(NP(=O)(c1ccccc1)c1ccccc1)c1ccccc1. The molecule has 0 saturated carbocycles. The molecule has 0 aliphatic heterocycles. The molecule has 1 unspecified atom stereocenters. The third kappa shape index (κ3) is 4.18. The van der Waals surface area contributed by atoms with E-state index in [-0.39, 0.29) is 5.78 Å². The Kier molecular flexibility index (Phi) is 6.04. The van der Waals surface area contributed by atoms with Crippen molar-refractivity contribution in [2.24, 2.45) is 0 Å². The summed E-state index contributed by atoms with van der Waals surface area (Å²) in [5, 5.41) is 4.61. The fourth-order valence-corrected chi connectivity index (χ4v) is 5.87. The Labute approximate surface area is 176 Å². The Hall–Kier alpha value is -3.26. The van der Waals surface area contributed by atoms with Crippen molar-refractivity contribution < 1.29 is 9.36 Å². The molecule has 148 valence electrons. The summed E-state index contributed by atoms with van der Waals surface area (Å²) in [5.41, 5.74) is 1.35. The molecule has 3 nitrogen and oxygen atoms in total. The van der Waals surface area contributed by atoms with Crippen LogP contribution in [0.4, 0.5) is 0 Å². The largest absolute Gasteiger partial charge is 0.296 e. The van der Waals surface area contributed by atoms with E-state index in [0.29, 0.717) is 16.2 Å². The zero-order valence-electron chi connectivity index (χ0n) is 16.4. The Balaban J connectivity index is 1.83. The number of carbonyl (C=O) groups is 1. The summed E-state index contributed by atoms with van der Waals surface area (Å²) in [4.78, 5) is 13.5. The molecule has 0 aliphatic rings. The number of Topliss-reactive ketones (excluding diaryl/α,β-unsaturated/α-hetero) is 1. The first-order chi connectivity index (χ1) is 14.7. The summed E-state index contributed by atoms with van der Waals surface area (Å²) in [6.07, 6.45) is 0. The van der Waals surface area contributed by atoms with Crippen LogP contribution in [-0.4, -0.2) is 5.78 Å². The third-order valence-corrected chi connectivity index (χ3v) is 7.68. The summed E-state index contributed by atoms with van der Waals surface area (Å²) in [6, 6.07) is 36.4. The van der Waals surface area contributed by atoms with Gasteiger partial charge in [-0.2, -0.15) is 0 Å². The first kappa shape index (κ1) is 20.0. The fraction of sp³-hybridized carbons (Fsp3) is 0.0385. The van der Waals surface area contributed by atoms with Gasteiger partial charge in [0.15, 0.2) is 5.78 Å². The van der Waals surface area contributed by atoms with E-state index in [1.165, 1.54) is 0 Å². The first-order valence-electron chi connectivity index (χ1n) is 9.82. The average Bonchev–Trinajstić information content (AvgIpc) is 2.84. The van der Waals surface area contributed by atoms with Gasteiger partial charge in [-0.1, -0.05) is 97.1 Å². The van der Waals surface area contributed by atoms with Gasteiger partial charge in [-0.3, -0.25) is 9.36 Å². The van der Waals surface area contributed by atoms with Crippen molar-refractivity contribution in [2.75, 3.05) is 0 Å². The molecule has 0 aliphatic carbocycles. The van der Waals surface area contributed by atoms with E-state index in [9.17, 15) is 9.36 Å². The van der Waals surface area contributed by atoms with Gasteiger partial charge in [-0.05, 0) is 29.8 Å². The van der Waals surface area contributed by atoms with E-state index >= 15 is 0 Å². The van der Waals surface area contributed by atoms with E-state index in [1.807, 2.05) is 109 Å². The quantitative estimate of drug-likeness (QED) is 0.339. The summed E-state index contributed by atoms with van der Waals surface area (Å²) in [5.74, 6) is -0.117. The smallest absolute Gasteiger partial charge is 0.205 e. The number of hydrogen-bond donors (Lipinski definition) is 1. The van der Waals surface area contributed by atoms with Gasteiger partial charge in [-0.25, -0.2) is 5.09 Å². The second kappa shape index (κ2) is 9.04. The molecule has 0 fully saturated rings. The molecule has 0 spiro atoms. The summed E-state index contributed by atoms with van der Waals surface area (Å²) in [6.45, 7) is 0. The van der Waals surface area contributed by atoms with Crippen molar-refractivity contribution >= 4 is 23.7 Å². The number of ketones is 1. The number of benzene rings is 4. The van der Waals surface area contributed by atoms with Gasteiger partial charge in [0.1, 0.15) is 6.04 Å². The van der Waals surface area contributed by atoms with Crippen LogP contribution >= 0.6 is 7.29 Å². The Morgan fingerprint density at radius 2 is 1.00 bits per heavy atom. The molecule has 0 heterocycles. The topological polar surface area (TPSA) is 46.2 Å². The van der Waals surface area contributed by atoms with Crippen LogP contribution in [-0.2, 0) is 4.57 Å². The lowest BCUT2D eigenvalue weighted by molar-refractivity contribution is 0.0954. The number of carbonyl (C=O) groups excluding carboxylic acids is 1. The van der Waals surface area contributed by atoms with Crippen molar-refractivity contribution in [3.05, 3.63) is 132 Å². The molecule has 0 aromatic heterocycles. The van der Waals surface area contributed by atoms with E-state index in [4.69, 9.17) is 0 Å². The minimum Gasteiger partial charge on any atom is -0.296 e. The standard InChI is InChI=1S/C26H22NO2P/c28-26(22-15-7-2-8-16-22)25(21-13-5-1-6-14-21)27-30(29,23-17-9-3-10-18-23)24-19-11-4-12-20-24/h1-20,25H,(H,27,29). The van der Waals surface area contributed by atoms with Crippen LogP contribution in [0.1, 0.15) is 22.0 Å². The van der Waals surface area contributed by atoms with Crippen LogP contribution in [0.5, 0.6) is 0 Å². The average molecular weight is 411 g/mol. The molecular weight excluding hydrogens is 389 g/mol. The Morgan fingerprint density at radius 1 is 0.600 bits per heavy atom. The molecule has 4 heteroatoms. The monoisotopic (exact) mass is 411 g/mol. The third-order valence-electron chi connectivity index (χ3n) is 5.00. The molecule has 0 bridgehead atoms. The Morgan fingerprint density at radius 3 is 1.47 bits per heavy atom. The molecule has 4 aromatic rings. The molecule has 1 N–H and O–H groups in total. The predicted molar refractivity (Wildman–Crippen MR) is 123 cm³/mol. The highest BCUT2D eigenvalue weighted by atomic mass is 31.2. The van der Waals surface area contributed by atoms with E-state index in [2.05, 4.69) is 5.09 Å². The van der Waals surface area contributed by atoms with Gasteiger partial charge in [0, 0.05) is 16.2 Å². The molecule has 4 rings (SSSR count). The van der Waals surface area contributed by atoms with Crippen LogP contribution in [0.15, 0.2) is 121 Å². The number of nitrogens with one attached hydrogen (secondary N) is 1. The van der Waals surface area contributed by atoms with Crippen molar-refractivity contribution in [3.63, 3.8) is 0 Å². The second-order valence-electron chi connectivity index (χ2n) is 6.98. The van der Waals surface area contributed by atoms with Crippen LogP contribution in [0.25, 0.3) is 0 Å². The predicted octanol–water partition coefficient (Wildman–Crippen LogP) is 5.13. The lowest BCUT2D eigenvalue weighted by atomic mass is 9.98. The van der Waals surface area contributed by atoms with Gasteiger partial charge < -0.3 is 0 Å². The van der Waals surface area contributed by atoms with Gasteiger partial charge in [-0.15, -0.1) is 0 Å². The summed E-state index contributed by atoms with van der Waals surface area (Å²) in [7, 11) is -3.29. The van der Waals surface area contributed by atoms with Crippen LogP contribution in [0.2, 0.25) is 0 Å². The van der Waals surface area contributed by atoms with Gasteiger partial charge in [0.05, 0.1) is 0 Å². The van der Waals surface area contributed by atoms with Crippen molar-refractivity contribution in [1.82, 2.24) is 5.09 Å². The zero-order valence-corrected chi connectivity index (χ0v) is 17.3. The number of hydrogen-bond acceptors (Lipinski definition) is 2. The molecule has 0 radical (unpaired) electrons. The summed E-state index contributed by atoms with van der Waals surface area (Å²) >= 11 is 0. The first-order valence-corrected chi connectivity index (χ1v) is 11.5. The highest BCUT2D eigenvalue weighted by molar-refractivity contribution is 7.77. The van der Waals surface area contributed by atoms with Crippen LogP contribution in [0, 0.1) is 0 Å². The van der Waals surface area contributed by atoms with Crippen molar-refractivity contribution in [1.29, 1.82) is 0 Å². The summed E-state index contributed by atoms with van der Waals surface area (Å²) < 4.78 is 14.5. The maximum Gasteiger partial charge on any atom is 0.205 e.